The van der Waals surface area contributed by atoms with Crippen LogP contribution in [0.15, 0.2) is 33.3 Å². The second kappa shape index (κ2) is 5.55. The van der Waals surface area contributed by atoms with E-state index in [9.17, 15) is 18.3 Å². The third kappa shape index (κ3) is 3.84. The molecular weight excluding hydrogens is 272 g/mol. The molecule has 1 aromatic rings. The maximum absolute atomic E-state index is 11.1. The fourth-order valence-corrected chi connectivity index (χ4v) is 1.61. The Morgan fingerprint density at radius 2 is 2.16 bits per heavy atom. The summed E-state index contributed by atoms with van der Waals surface area (Å²) in [7, 11) is -3.95. The predicted octanol–water partition coefficient (Wildman–Crippen LogP) is 0.604. The summed E-state index contributed by atoms with van der Waals surface area (Å²) >= 11 is 0. The number of primary sulfonamides is 1. The maximum atomic E-state index is 11.1. The van der Waals surface area contributed by atoms with Crippen LogP contribution in [0.3, 0.4) is 0 Å². The van der Waals surface area contributed by atoms with Crippen molar-refractivity contribution in [3.63, 3.8) is 0 Å². The highest BCUT2D eigenvalue weighted by Crippen LogP contribution is 2.29. The van der Waals surface area contributed by atoms with E-state index in [1.807, 2.05) is 0 Å². The van der Waals surface area contributed by atoms with Crippen LogP contribution in [-0.4, -0.2) is 25.3 Å². The third-order valence-corrected chi connectivity index (χ3v) is 2.97. The van der Waals surface area contributed by atoms with Crippen molar-refractivity contribution in [2.24, 2.45) is 15.4 Å². The van der Waals surface area contributed by atoms with Crippen molar-refractivity contribution in [2.75, 3.05) is 0 Å². The number of carbonyl (C=O) groups excluding carboxylic acids is 1. The molecule has 0 amide bonds. The van der Waals surface area contributed by atoms with E-state index in [2.05, 4.69) is 10.2 Å². The summed E-state index contributed by atoms with van der Waals surface area (Å²) < 4.78 is 22.2. The molecule has 1 aromatic carbocycles. The zero-order valence-corrected chi connectivity index (χ0v) is 10.6. The summed E-state index contributed by atoms with van der Waals surface area (Å²) in [6.07, 6.45) is 0. The van der Waals surface area contributed by atoms with Crippen LogP contribution in [0.5, 0.6) is 5.75 Å². The molecule has 8 nitrogen and oxygen atoms in total. The molecule has 9 heteroatoms. The van der Waals surface area contributed by atoms with Crippen LogP contribution < -0.4 is 5.14 Å². The zero-order valence-electron chi connectivity index (χ0n) is 9.81. The van der Waals surface area contributed by atoms with E-state index in [-0.39, 0.29) is 16.3 Å². The highest BCUT2D eigenvalue weighted by Gasteiger charge is 2.13. The summed E-state index contributed by atoms with van der Waals surface area (Å²) in [5, 5.41) is 29.9. The summed E-state index contributed by atoms with van der Waals surface area (Å²) in [6, 6.07) is 3.45. The molecule has 0 bridgehead atoms. The number of azo groups is 1. The minimum Gasteiger partial charge on any atom is -0.506 e. The van der Waals surface area contributed by atoms with Crippen LogP contribution in [0.25, 0.3) is 0 Å². The third-order valence-electron chi connectivity index (χ3n) is 2.06. The molecule has 19 heavy (non-hydrogen) atoms. The first-order valence-corrected chi connectivity index (χ1v) is 6.47. The highest BCUT2D eigenvalue weighted by molar-refractivity contribution is 7.89. The Hall–Kier alpha value is -2.31. The van der Waals surface area contributed by atoms with Gasteiger partial charge in [0, 0.05) is 0 Å². The van der Waals surface area contributed by atoms with Gasteiger partial charge in [-0.25, -0.2) is 13.6 Å². The second-order valence-electron chi connectivity index (χ2n) is 3.55. The number of rotatable bonds is 4. The van der Waals surface area contributed by atoms with Crippen LogP contribution in [0.2, 0.25) is 0 Å². The quantitative estimate of drug-likeness (QED) is 0.776. The van der Waals surface area contributed by atoms with Gasteiger partial charge in [-0.05, 0) is 25.1 Å². The van der Waals surface area contributed by atoms with Gasteiger partial charge in [-0.15, -0.1) is 0 Å². The maximum Gasteiger partial charge on any atom is 0.238 e. The first kappa shape index (κ1) is 14.7. The molecule has 1 rings (SSSR count). The van der Waals surface area contributed by atoms with Gasteiger partial charge in [0.05, 0.1) is 11.0 Å². The summed E-state index contributed by atoms with van der Waals surface area (Å²) in [5.41, 5.74) is -0.201. The Bertz CT molecular complexity index is 675. The van der Waals surface area contributed by atoms with Crippen LogP contribution in [-0.2, 0) is 14.8 Å². The van der Waals surface area contributed by atoms with E-state index in [4.69, 9.17) is 10.4 Å². The minimum absolute atomic E-state index is 0.201. The fraction of sp³-hybridized carbons (Fsp3) is 0.200. The number of nitrogens with two attached hydrogens (primary N) is 1. The van der Waals surface area contributed by atoms with Crippen molar-refractivity contribution in [3.05, 3.63) is 18.2 Å². The number of carbonyl (C=O) groups is 1. The molecule has 1 atom stereocenters. The molecule has 1 unspecified atom stereocenters. The Morgan fingerprint density at radius 1 is 1.53 bits per heavy atom. The lowest BCUT2D eigenvalue weighted by molar-refractivity contribution is -0.117. The van der Waals surface area contributed by atoms with E-state index in [1.165, 1.54) is 0 Å². The summed E-state index contributed by atoms with van der Waals surface area (Å²) in [5.74, 6) is -0.871. The van der Waals surface area contributed by atoms with Gasteiger partial charge in [-0.3, -0.25) is 4.79 Å². The van der Waals surface area contributed by atoms with Crippen molar-refractivity contribution >= 4 is 21.5 Å². The Morgan fingerprint density at radius 3 is 2.63 bits per heavy atom. The Kier molecular flexibility index (Phi) is 4.31. The topological polar surface area (TPSA) is 146 Å². The second-order valence-corrected chi connectivity index (χ2v) is 5.11. The van der Waals surface area contributed by atoms with E-state index < -0.39 is 21.8 Å². The molecule has 0 saturated carbocycles. The minimum atomic E-state index is -3.95. The lowest BCUT2D eigenvalue weighted by atomic mass is 10.2. The van der Waals surface area contributed by atoms with Crippen LogP contribution >= 0.6 is 0 Å². The highest BCUT2D eigenvalue weighted by atomic mass is 32.2. The number of phenols is 1. The first-order chi connectivity index (χ1) is 8.75. The van der Waals surface area contributed by atoms with Gasteiger partial charge < -0.3 is 5.11 Å². The molecule has 0 aromatic heterocycles. The van der Waals surface area contributed by atoms with Crippen molar-refractivity contribution in [2.45, 2.75) is 17.9 Å². The van der Waals surface area contributed by atoms with Gasteiger partial charge in [0.15, 0.2) is 5.78 Å². The molecule has 0 spiro atoms. The van der Waals surface area contributed by atoms with E-state index in [1.54, 1.807) is 6.07 Å². The number of Topliss-reactive ketones (excluding diaryl/α,β-unsaturated/α-hetero) is 1. The standard InChI is InChI=1S/C10H10N4O4S/c1-6(15)9(5-11)14-13-8-4-7(19(12,17)18)2-3-10(8)16/h2-4,9,16H,1H3,(H2,12,17,18)/b14-13+. The monoisotopic (exact) mass is 282 g/mol. The Balaban J connectivity index is 3.19. The van der Waals surface area contributed by atoms with Gasteiger partial charge >= 0.3 is 0 Å². The largest absolute Gasteiger partial charge is 0.506 e. The van der Waals surface area contributed by atoms with Gasteiger partial charge in [-0.2, -0.15) is 15.5 Å². The van der Waals surface area contributed by atoms with E-state index >= 15 is 0 Å². The van der Waals surface area contributed by atoms with E-state index in [0.717, 1.165) is 25.1 Å². The van der Waals surface area contributed by atoms with Crippen molar-refractivity contribution < 1.29 is 18.3 Å². The molecule has 0 fully saturated rings. The Labute approximate surface area is 109 Å². The number of hydrogen-bond acceptors (Lipinski definition) is 7. The number of sulfonamides is 1. The average Bonchev–Trinajstić information content (AvgIpc) is 2.30. The fourth-order valence-electron chi connectivity index (χ4n) is 1.08. The molecular formula is C10H10N4O4S. The number of nitriles is 1. The van der Waals surface area contributed by atoms with Crippen molar-refractivity contribution in [3.8, 4) is 11.8 Å². The van der Waals surface area contributed by atoms with Gasteiger partial charge in [0.2, 0.25) is 16.1 Å². The number of benzene rings is 1. The lowest BCUT2D eigenvalue weighted by Crippen LogP contribution is -2.12. The van der Waals surface area contributed by atoms with E-state index in [0.29, 0.717) is 0 Å². The molecule has 0 aliphatic carbocycles. The number of nitrogens with zero attached hydrogens (tertiary/aromatic N) is 3. The smallest absolute Gasteiger partial charge is 0.238 e. The molecule has 0 aliphatic heterocycles. The van der Waals surface area contributed by atoms with Crippen LogP contribution in [0.4, 0.5) is 5.69 Å². The SMILES string of the molecule is CC(=O)C(C#N)/N=N/c1cc(S(N)(=O)=O)ccc1O. The first-order valence-electron chi connectivity index (χ1n) is 4.92. The van der Waals surface area contributed by atoms with Crippen molar-refractivity contribution in [1.29, 1.82) is 5.26 Å². The number of phenolic OH excluding ortho intramolecular Hbond substituents is 1. The van der Waals surface area contributed by atoms with Gasteiger partial charge in [0.25, 0.3) is 0 Å². The number of ketones is 1. The number of hydrogen-bond donors (Lipinski definition) is 2. The molecule has 3 N–H and O–H groups in total. The molecule has 0 heterocycles. The van der Waals surface area contributed by atoms with Crippen molar-refractivity contribution in [1.82, 2.24) is 0 Å². The average molecular weight is 282 g/mol. The predicted molar refractivity (Wildman–Crippen MR) is 64.1 cm³/mol. The molecule has 0 saturated heterocycles. The summed E-state index contributed by atoms with van der Waals surface area (Å²) in [4.78, 5) is 10.7. The summed E-state index contributed by atoms with van der Waals surface area (Å²) in [6.45, 7) is 1.16. The van der Waals surface area contributed by atoms with Gasteiger partial charge in [0.1, 0.15) is 11.4 Å². The van der Waals surface area contributed by atoms with Gasteiger partial charge in [-0.1, -0.05) is 0 Å². The normalized spacial score (nSPS) is 13.1. The van der Waals surface area contributed by atoms with Crippen LogP contribution in [0, 0.1) is 11.3 Å². The zero-order chi connectivity index (χ0) is 14.6. The van der Waals surface area contributed by atoms with Crippen LogP contribution in [0.1, 0.15) is 6.92 Å². The lowest BCUT2D eigenvalue weighted by Gasteiger charge is -2.02. The molecule has 100 valence electrons. The molecule has 0 radical (unpaired) electrons. The number of aromatic hydroxyl groups is 1. The molecule has 0 aliphatic rings.